The third kappa shape index (κ3) is 3.05. The van der Waals surface area contributed by atoms with Crippen LogP contribution < -0.4 is 5.32 Å². The van der Waals surface area contributed by atoms with Crippen LogP contribution in [-0.2, 0) is 4.74 Å². The first-order valence-electron chi connectivity index (χ1n) is 6.44. The number of nitrogens with one attached hydrogen (secondary N) is 1. The van der Waals surface area contributed by atoms with Gasteiger partial charge in [-0.2, -0.15) is 5.10 Å². The number of ether oxygens (including phenoxy) is 1. The molecule has 0 amide bonds. The van der Waals surface area contributed by atoms with Crippen molar-refractivity contribution >= 4 is 17.3 Å². The first kappa shape index (κ1) is 14.0. The number of benzene rings is 1. The van der Waals surface area contributed by atoms with Crippen LogP contribution in [0.4, 0.5) is 5.69 Å². The molecule has 0 bridgehead atoms. The lowest BCUT2D eigenvalue weighted by Crippen LogP contribution is -2.34. The number of rotatable bonds is 3. The summed E-state index contributed by atoms with van der Waals surface area (Å²) in [5.41, 5.74) is 1.59. The van der Waals surface area contributed by atoms with Gasteiger partial charge in [0.2, 0.25) is 0 Å². The topological polar surface area (TPSA) is 82.2 Å². The Bertz CT molecular complexity index is 667. The number of halogens is 1. The van der Waals surface area contributed by atoms with Gasteiger partial charge in [-0.1, -0.05) is 11.6 Å². The number of hydrogen-bond acceptors (Lipinski definition) is 5. The molecule has 1 aliphatic rings. The lowest BCUT2D eigenvalue weighted by molar-refractivity contribution is -0.384. The van der Waals surface area contributed by atoms with E-state index in [4.69, 9.17) is 16.3 Å². The highest BCUT2D eigenvalue weighted by Gasteiger charge is 2.17. The van der Waals surface area contributed by atoms with Gasteiger partial charge in [0, 0.05) is 11.6 Å². The average molecular weight is 309 g/mol. The van der Waals surface area contributed by atoms with E-state index in [1.54, 1.807) is 6.07 Å². The summed E-state index contributed by atoms with van der Waals surface area (Å²) in [5, 5.41) is 18.6. The Morgan fingerprint density at radius 3 is 3.00 bits per heavy atom. The van der Waals surface area contributed by atoms with Crippen LogP contribution in [-0.4, -0.2) is 34.5 Å². The summed E-state index contributed by atoms with van der Waals surface area (Å²) in [5.74, 6) is 0. The molecule has 2 aromatic rings. The van der Waals surface area contributed by atoms with Crippen molar-refractivity contribution in [1.82, 2.24) is 15.1 Å². The van der Waals surface area contributed by atoms with E-state index < -0.39 is 4.92 Å². The van der Waals surface area contributed by atoms with Gasteiger partial charge in [-0.05, 0) is 23.8 Å². The SMILES string of the molecule is O=[N+]([O-])c1cnn(-c2cc(Cl)cc(C3COCCN3)c2)c1. The minimum Gasteiger partial charge on any atom is -0.378 e. The third-order valence-corrected chi connectivity index (χ3v) is 3.49. The summed E-state index contributed by atoms with van der Waals surface area (Å²) >= 11 is 6.14. The van der Waals surface area contributed by atoms with E-state index in [2.05, 4.69) is 10.4 Å². The Hall–Kier alpha value is -1.96. The van der Waals surface area contributed by atoms with Crippen LogP contribution in [0.5, 0.6) is 0 Å². The first-order chi connectivity index (χ1) is 10.1. The normalized spacial score (nSPS) is 18.6. The van der Waals surface area contributed by atoms with Crippen LogP contribution in [0, 0.1) is 10.1 Å². The second-order valence-corrected chi connectivity index (χ2v) is 5.16. The van der Waals surface area contributed by atoms with Crippen LogP contribution in [0.25, 0.3) is 5.69 Å². The molecule has 1 N–H and O–H groups in total. The van der Waals surface area contributed by atoms with Crippen LogP contribution in [0.2, 0.25) is 5.02 Å². The van der Waals surface area contributed by atoms with Crippen molar-refractivity contribution in [2.45, 2.75) is 6.04 Å². The second-order valence-electron chi connectivity index (χ2n) is 4.72. The van der Waals surface area contributed by atoms with Crippen LogP contribution in [0.15, 0.2) is 30.6 Å². The number of nitrogens with zero attached hydrogens (tertiary/aromatic N) is 3. The number of morpholine rings is 1. The molecule has 7 nitrogen and oxygen atoms in total. The summed E-state index contributed by atoms with van der Waals surface area (Å²) in [6.07, 6.45) is 2.57. The highest BCUT2D eigenvalue weighted by Crippen LogP contribution is 2.25. The van der Waals surface area contributed by atoms with E-state index in [-0.39, 0.29) is 11.7 Å². The average Bonchev–Trinajstić information content (AvgIpc) is 2.98. The lowest BCUT2D eigenvalue weighted by atomic mass is 10.1. The number of aromatic nitrogens is 2. The largest absolute Gasteiger partial charge is 0.378 e. The van der Waals surface area contributed by atoms with Crippen LogP contribution in [0.3, 0.4) is 0 Å². The molecule has 1 aromatic heterocycles. The maximum Gasteiger partial charge on any atom is 0.307 e. The molecule has 8 heteroatoms. The minimum absolute atomic E-state index is 0.0572. The maximum absolute atomic E-state index is 10.7. The smallest absolute Gasteiger partial charge is 0.307 e. The zero-order chi connectivity index (χ0) is 14.8. The van der Waals surface area contributed by atoms with Gasteiger partial charge >= 0.3 is 5.69 Å². The molecule has 3 rings (SSSR count). The van der Waals surface area contributed by atoms with E-state index in [1.165, 1.54) is 17.1 Å². The third-order valence-electron chi connectivity index (χ3n) is 3.27. The highest BCUT2D eigenvalue weighted by molar-refractivity contribution is 6.30. The van der Waals surface area contributed by atoms with Gasteiger partial charge in [0.05, 0.1) is 29.9 Å². The molecule has 0 aliphatic carbocycles. The first-order valence-corrected chi connectivity index (χ1v) is 6.82. The van der Waals surface area contributed by atoms with Crippen molar-refractivity contribution in [2.75, 3.05) is 19.8 Å². The Morgan fingerprint density at radius 2 is 2.33 bits per heavy atom. The quantitative estimate of drug-likeness (QED) is 0.693. The molecule has 2 heterocycles. The van der Waals surface area contributed by atoms with Crippen molar-refractivity contribution in [3.05, 3.63) is 51.3 Å². The second kappa shape index (κ2) is 5.80. The molecule has 1 saturated heterocycles. The van der Waals surface area contributed by atoms with E-state index in [0.717, 1.165) is 12.1 Å². The Balaban J connectivity index is 1.94. The highest BCUT2D eigenvalue weighted by atomic mass is 35.5. The van der Waals surface area contributed by atoms with Gasteiger partial charge in [-0.3, -0.25) is 10.1 Å². The van der Waals surface area contributed by atoms with E-state index in [9.17, 15) is 10.1 Å². The van der Waals surface area contributed by atoms with Crippen molar-refractivity contribution in [2.24, 2.45) is 0 Å². The fraction of sp³-hybridized carbons (Fsp3) is 0.308. The molecule has 0 spiro atoms. The van der Waals surface area contributed by atoms with Gasteiger partial charge in [-0.15, -0.1) is 0 Å². The molecular formula is C13H13ClN4O3. The summed E-state index contributed by atoms with van der Waals surface area (Å²) in [6.45, 7) is 2.04. The van der Waals surface area contributed by atoms with E-state index in [0.29, 0.717) is 23.9 Å². The standard InChI is InChI=1S/C13H13ClN4O3/c14-10-3-9(13-8-21-2-1-15-13)4-11(5-10)17-7-12(6-16-17)18(19)20/h3-7,13,15H,1-2,8H2. The molecule has 1 aromatic carbocycles. The summed E-state index contributed by atoms with van der Waals surface area (Å²) in [4.78, 5) is 10.2. The summed E-state index contributed by atoms with van der Waals surface area (Å²) < 4.78 is 6.88. The molecule has 110 valence electrons. The monoisotopic (exact) mass is 308 g/mol. The summed E-state index contributed by atoms with van der Waals surface area (Å²) in [6, 6.07) is 5.53. The van der Waals surface area contributed by atoms with Gasteiger partial charge in [-0.25, -0.2) is 4.68 Å². The minimum atomic E-state index is -0.481. The fourth-order valence-corrected chi connectivity index (χ4v) is 2.50. The number of hydrogen-bond donors (Lipinski definition) is 1. The molecule has 1 fully saturated rings. The Morgan fingerprint density at radius 1 is 1.48 bits per heavy atom. The predicted molar refractivity (Wildman–Crippen MR) is 76.8 cm³/mol. The van der Waals surface area contributed by atoms with E-state index >= 15 is 0 Å². The van der Waals surface area contributed by atoms with E-state index in [1.807, 2.05) is 12.1 Å². The summed E-state index contributed by atoms with van der Waals surface area (Å²) in [7, 11) is 0. The van der Waals surface area contributed by atoms with Gasteiger partial charge < -0.3 is 10.1 Å². The number of nitro groups is 1. The van der Waals surface area contributed by atoms with Gasteiger partial charge in [0.25, 0.3) is 0 Å². The van der Waals surface area contributed by atoms with Gasteiger partial charge in [0.1, 0.15) is 12.4 Å². The lowest BCUT2D eigenvalue weighted by Gasteiger charge is -2.24. The Kier molecular flexibility index (Phi) is 3.87. The fourth-order valence-electron chi connectivity index (χ4n) is 2.26. The molecule has 1 aliphatic heterocycles. The zero-order valence-corrected chi connectivity index (χ0v) is 11.8. The maximum atomic E-state index is 10.7. The van der Waals surface area contributed by atoms with Crippen molar-refractivity contribution in [1.29, 1.82) is 0 Å². The molecule has 21 heavy (non-hydrogen) atoms. The molecule has 0 saturated carbocycles. The van der Waals surface area contributed by atoms with Crippen molar-refractivity contribution in [3.63, 3.8) is 0 Å². The van der Waals surface area contributed by atoms with Crippen molar-refractivity contribution in [3.8, 4) is 5.69 Å². The molecule has 0 radical (unpaired) electrons. The predicted octanol–water partition coefficient (Wildman–Crippen LogP) is 2.09. The molecule has 1 atom stereocenters. The van der Waals surface area contributed by atoms with Crippen LogP contribution >= 0.6 is 11.6 Å². The van der Waals surface area contributed by atoms with Crippen molar-refractivity contribution < 1.29 is 9.66 Å². The van der Waals surface area contributed by atoms with Gasteiger partial charge in [0.15, 0.2) is 0 Å². The molecular weight excluding hydrogens is 296 g/mol. The molecule has 1 unspecified atom stereocenters. The van der Waals surface area contributed by atoms with Crippen LogP contribution in [0.1, 0.15) is 11.6 Å². The Labute approximate surface area is 125 Å². The zero-order valence-electron chi connectivity index (χ0n) is 11.0.